The summed E-state index contributed by atoms with van der Waals surface area (Å²) >= 11 is 0. The van der Waals surface area contributed by atoms with E-state index in [-0.39, 0.29) is 0 Å². The molecule has 144 valence electrons. The van der Waals surface area contributed by atoms with Gasteiger partial charge in [-0.15, -0.1) is 0 Å². The zero-order valence-corrected chi connectivity index (χ0v) is 16.1. The van der Waals surface area contributed by atoms with Gasteiger partial charge in [-0.3, -0.25) is 9.97 Å². The number of ether oxygens (including phenoxy) is 1. The standard InChI is InChI=1S/C21H29N5O/c1-27-19-5-2-9-24-21(19)17-6-13-25(14-7-17)18-4-3-12-26(15-8-18)20-16-22-10-11-23-20/h2,5,9-11,16-18H,3-4,6-8,12-15H2,1H3. The minimum absolute atomic E-state index is 0.513. The van der Waals surface area contributed by atoms with Crippen LogP contribution >= 0.6 is 0 Å². The molecule has 4 heterocycles. The number of aromatic nitrogens is 3. The molecule has 0 aliphatic carbocycles. The SMILES string of the molecule is COc1cccnc1C1CCN(C2CCCN(c3cnccn3)CC2)CC1. The van der Waals surface area contributed by atoms with Crippen molar-refractivity contribution in [1.82, 2.24) is 19.9 Å². The molecule has 0 amide bonds. The van der Waals surface area contributed by atoms with Crippen LogP contribution in [0.25, 0.3) is 0 Å². The van der Waals surface area contributed by atoms with E-state index in [0.29, 0.717) is 12.0 Å². The maximum absolute atomic E-state index is 5.52. The highest BCUT2D eigenvalue weighted by atomic mass is 16.5. The number of nitrogens with zero attached hydrogens (tertiary/aromatic N) is 5. The fraction of sp³-hybridized carbons (Fsp3) is 0.571. The second-order valence-corrected chi connectivity index (χ2v) is 7.54. The molecule has 0 N–H and O–H groups in total. The van der Waals surface area contributed by atoms with Gasteiger partial charge in [0.05, 0.1) is 19.0 Å². The largest absolute Gasteiger partial charge is 0.495 e. The molecule has 2 aromatic rings. The zero-order valence-electron chi connectivity index (χ0n) is 16.1. The van der Waals surface area contributed by atoms with Crippen molar-refractivity contribution < 1.29 is 4.74 Å². The lowest BCUT2D eigenvalue weighted by molar-refractivity contribution is 0.140. The molecule has 1 unspecified atom stereocenters. The first-order chi connectivity index (χ1) is 13.3. The fourth-order valence-electron chi connectivity index (χ4n) is 4.55. The lowest BCUT2D eigenvalue weighted by Gasteiger charge is -2.37. The van der Waals surface area contributed by atoms with Crippen LogP contribution in [0.15, 0.2) is 36.9 Å². The second kappa shape index (κ2) is 8.65. The van der Waals surface area contributed by atoms with Crippen LogP contribution < -0.4 is 9.64 Å². The molecular weight excluding hydrogens is 338 g/mol. The summed E-state index contributed by atoms with van der Waals surface area (Å²) in [5.74, 6) is 2.46. The average molecular weight is 367 g/mol. The number of hydrogen-bond acceptors (Lipinski definition) is 6. The average Bonchev–Trinajstić information content (AvgIpc) is 3.01. The van der Waals surface area contributed by atoms with Gasteiger partial charge in [0.25, 0.3) is 0 Å². The predicted octanol–water partition coefficient (Wildman–Crippen LogP) is 3.12. The van der Waals surface area contributed by atoms with Crippen molar-refractivity contribution in [3.05, 3.63) is 42.6 Å². The summed E-state index contributed by atoms with van der Waals surface area (Å²) in [6, 6.07) is 4.66. The van der Waals surface area contributed by atoms with Crippen molar-refractivity contribution in [3.8, 4) is 5.75 Å². The monoisotopic (exact) mass is 367 g/mol. The third-order valence-corrected chi connectivity index (χ3v) is 6.02. The molecule has 2 saturated heterocycles. The van der Waals surface area contributed by atoms with E-state index in [1.807, 2.05) is 24.5 Å². The Labute approximate surface area is 161 Å². The topological polar surface area (TPSA) is 54.4 Å². The maximum atomic E-state index is 5.52. The van der Waals surface area contributed by atoms with Crippen molar-refractivity contribution >= 4 is 5.82 Å². The molecule has 6 nitrogen and oxygen atoms in total. The first-order valence-electron chi connectivity index (χ1n) is 10.1. The summed E-state index contributed by atoms with van der Waals surface area (Å²) in [5.41, 5.74) is 1.13. The molecule has 0 aromatic carbocycles. The van der Waals surface area contributed by atoms with Crippen molar-refractivity contribution in [2.75, 3.05) is 38.2 Å². The van der Waals surface area contributed by atoms with Gasteiger partial charge in [0.15, 0.2) is 0 Å². The van der Waals surface area contributed by atoms with E-state index in [9.17, 15) is 0 Å². The van der Waals surface area contributed by atoms with Crippen molar-refractivity contribution in [2.24, 2.45) is 0 Å². The molecule has 1 atom stereocenters. The quantitative estimate of drug-likeness (QED) is 0.828. The molecule has 2 aromatic heterocycles. The lowest BCUT2D eigenvalue weighted by atomic mass is 9.91. The Hall–Kier alpha value is -2.21. The van der Waals surface area contributed by atoms with Gasteiger partial charge in [0, 0.05) is 43.6 Å². The van der Waals surface area contributed by atoms with Gasteiger partial charge in [-0.25, -0.2) is 4.98 Å². The van der Waals surface area contributed by atoms with E-state index in [1.54, 1.807) is 19.5 Å². The molecule has 6 heteroatoms. The van der Waals surface area contributed by atoms with Gasteiger partial charge in [0.1, 0.15) is 11.6 Å². The smallest absolute Gasteiger partial charge is 0.147 e. The van der Waals surface area contributed by atoms with Crippen LogP contribution in [0.1, 0.15) is 43.7 Å². The number of pyridine rings is 1. The van der Waals surface area contributed by atoms with Crippen LogP contribution in [0.2, 0.25) is 0 Å². The van der Waals surface area contributed by atoms with Crippen molar-refractivity contribution in [3.63, 3.8) is 0 Å². The summed E-state index contributed by atoms with van der Waals surface area (Å²) in [7, 11) is 1.74. The lowest BCUT2D eigenvalue weighted by Crippen LogP contribution is -2.41. The summed E-state index contributed by atoms with van der Waals surface area (Å²) in [6.07, 6.45) is 13.3. The van der Waals surface area contributed by atoms with E-state index in [0.717, 1.165) is 56.3 Å². The highest BCUT2D eigenvalue weighted by molar-refractivity contribution is 5.35. The van der Waals surface area contributed by atoms with Crippen LogP contribution in [0.5, 0.6) is 5.75 Å². The van der Waals surface area contributed by atoms with E-state index in [1.165, 1.54) is 19.3 Å². The van der Waals surface area contributed by atoms with Gasteiger partial charge in [-0.05, 0) is 57.3 Å². The Kier molecular flexibility index (Phi) is 5.82. The molecule has 0 saturated carbocycles. The Morgan fingerprint density at radius 1 is 0.963 bits per heavy atom. The number of likely N-dealkylation sites (tertiary alicyclic amines) is 1. The van der Waals surface area contributed by atoms with Gasteiger partial charge in [-0.1, -0.05) is 0 Å². The molecule has 0 radical (unpaired) electrons. The minimum Gasteiger partial charge on any atom is -0.495 e. The Bertz CT molecular complexity index is 718. The van der Waals surface area contributed by atoms with Gasteiger partial charge in [-0.2, -0.15) is 0 Å². The second-order valence-electron chi connectivity index (χ2n) is 7.54. The van der Waals surface area contributed by atoms with Crippen LogP contribution in [0.3, 0.4) is 0 Å². The third kappa shape index (κ3) is 4.21. The van der Waals surface area contributed by atoms with Gasteiger partial charge >= 0.3 is 0 Å². The third-order valence-electron chi connectivity index (χ3n) is 6.02. The van der Waals surface area contributed by atoms with E-state index in [4.69, 9.17) is 4.74 Å². The fourth-order valence-corrected chi connectivity index (χ4v) is 4.55. The van der Waals surface area contributed by atoms with Crippen LogP contribution in [0.4, 0.5) is 5.82 Å². The summed E-state index contributed by atoms with van der Waals surface area (Å²) in [6.45, 7) is 4.45. The van der Waals surface area contributed by atoms with Crippen LogP contribution in [-0.2, 0) is 0 Å². The van der Waals surface area contributed by atoms with Gasteiger partial charge < -0.3 is 14.5 Å². The molecule has 2 aliphatic rings. The number of methoxy groups -OCH3 is 1. The highest BCUT2D eigenvalue weighted by Gasteiger charge is 2.29. The highest BCUT2D eigenvalue weighted by Crippen LogP contribution is 2.34. The Morgan fingerprint density at radius 3 is 2.63 bits per heavy atom. The first-order valence-corrected chi connectivity index (χ1v) is 10.1. The Morgan fingerprint density at radius 2 is 1.85 bits per heavy atom. The van der Waals surface area contributed by atoms with Gasteiger partial charge in [0.2, 0.25) is 0 Å². The van der Waals surface area contributed by atoms with E-state index in [2.05, 4.69) is 24.8 Å². The molecule has 2 fully saturated rings. The minimum atomic E-state index is 0.513. The molecule has 27 heavy (non-hydrogen) atoms. The molecule has 0 bridgehead atoms. The van der Waals surface area contributed by atoms with E-state index >= 15 is 0 Å². The summed E-state index contributed by atoms with van der Waals surface area (Å²) in [4.78, 5) is 18.4. The van der Waals surface area contributed by atoms with E-state index < -0.39 is 0 Å². The summed E-state index contributed by atoms with van der Waals surface area (Å²) in [5, 5.41) is 0. The van der Waals surface area contributed by atoms with Crippen molar-refractivity contribution in [2.45, 2.75) is 44.1 Å². The predicted molar refractivity (Wildman–Crippen MR) is 106 cm³/mol. The zero-order chi connectivity index (χ0) is 18.5. The number of anilines is 1. The first kappa shape index (κ1) is 18.2. The number of hydrogen-bond donors (Lipinski definition) is 0. The Balaban J connectivity index is 1.33. The maximum Gasteiger partial charge on any atom is 0.147 e. The normalized spacial score (nSPS) is 22.4. The van der Waals surface area contributed by atoms with Crippen molar-refractivity contribution in [1.29, 1.82) is 0 Å². The molecule has 2 aliphatic heterocycles. The number of piperidine rings is 1. The molecule has 0 spiro atoms. The van der Waals surface area contributed by atoms with Crippen LogP contribution in [0, 0.1) is 0 Å². The molecule has 4 rings (SSSR count). The summed E-state index contributed by atoms with van der Waals surface area (Å²) < 4.78 is 5.52. The number of rotatable bonds is 4. The molecular formula is C21H29N5O. The van der Waals surface area contributed by atoms with Crippen LogP contribution in [-0.4, -0.2) is 59.2 Å².